The number of rotatable bonds is 6. The zero-order valence-corrected chi connectivity index (χ0v) is 19.4. The van der Waals surface area contributed by atoms with Crippen LogP contribution in [0.1, 0.15) is 18.1 Å². The molecule has 0 unspecified atom stereocenters. The highest BCUT2D eigenvalue weighted by molar-refractivity contribution is 7.99. The topological polar surface area (TPSA) is 64.0 Å². The van der Waals surface area contributed by atoms with Gasteiger partial charge in [-0.3, -0.25) is 14.2 Å². The molecule has 0 saturated carbocycles. The van der Waals surface area contributed by atoms with Crippen molar-refractivity contribution in [1.29, 1.82) is 0 Å². The van der Waals surface area contributed by atoms with Gasteiger partial charge in [0.2, 0.25) is 5.91 Å². The number of nitrogens with zero attached hydrogens (tertiary/aromatic N) is 2. The summed E-state index contributed by atoms with van der Waals surface area (Å²) >= 11 is 8.73. The van der Waals surface area contributed by atoms with E-state index in [-0.39, 0.29) is 17.2 Å². The third kappa shape index (κ3) is 4.54. The summed E-state index contributed by atoms with van der Waals surface area (Å²) in [6.07, 6.45) is 0.828. The van der Waals surface area contributed by atoms with Gasteiger partial charge in [-0.15, -0.1) is 11.3 Å². The van der Waals surface area contributed by atoms with E-state index in [1.807, 2.05) is 36.6 Å². The Hall–Kier alpha value is -2.61. The molecule has 4 aromatic rings. The van der Waals surface area contributed by atoms with Crippen molar-refractivity contribution >= 4 is 56.5 Å². The number of fused-ring (bicyclic) bond motifs is 1. The van der Waals surface area contributed by atoms with Gasteiger partial charge in [-0.1, -0.05) is 54.6 Å². The number of carbonyl (C=O) groups excluding carboxylic acids is 1. The molecule has 0 atom stereocenters. The summed E-state index contributed by atoms with van der Waals surface area (Å²) in [6, 6.07) is 14.9. The predicted molar refractivity (Wildman–Crippen MR) is 130 cm³/mol. The van der Waals surface area contributed by atoms with E-state index in [0.29, 0.717) is 26.1 Å². The molecule has 2 heterocycles. The summed E-state index contributed by atoms with van der Waals surface area (Å²) in [6.45, 7) is 4.04. The van der Waals surface area contributed by atoms with Crippen LogP contribution in [0.25, 0.3) is 15.9 Å². The molecule has 0 saturated heterocycles. The van der Waals surface area contributed by atoms with Crippen molar-refractivity contribution in [2.45, 2.75) is 25.4 Å². The third-order valence-electron chi connectivity index (χ3n) is 4.85. The number of nitrogens with one attached hydrogen (secondary N) is 1. The second-order valence-electron chi connectivity index (χ2n) is 6.95. The molecule has 1 N–H and O–H groups in total. The molecular formula is C23H20ClN3O2S2. The van der Waals surface area contributed by atoms with Crippen molar-refractivity contribution < 1.29 is 4.79 Å². The molecule has 158 valence electrons. The lowest BCUT2D eigenvalue weighted by molar-refractivity contribution is -0.113. The van der Waals surface area contributed by atoms with E-state index in [1.165, 1.54) is 27.7 Å². The van der Waals surface area contributed by atoms with E-state index in [1.54, 1.807) is 24.3 Å². The van der Waals surface area contributed by atoms with Crippen LogP contribution in [0, 0.1) is 6.92 Å². The molecule has 2 aromatic heterocycles. The van der Waals surface area contributed by atoms with Crippen molar-refractivity contribution in [2.24, 2.45) is 0 Å². The van der Waals surface area contributed by atoms with Crippen molar-refractivity contribution in [2.75, 3.05) is 11.1 Å². The molecule has 0 fully saturated rings. The van der Waals surface area contributed by atoms with Crippen molar-refractivity contribution in [1.82, 2.24) is 9.55 Å². The summed E-state index contributed by atoms with van der Waals surface area (Å²) in [4.78, 5) is 30.5. The van der Waals surface area contributed by atoms with Gasteiger partial charge in [0.25, 0.3) is 5.56 Å². The molecule has 0 spiro atoms. The number of anilines is 1. The number of benzene rings is 2. The number of carbonyl (C=O) groups is 1. The van der Waals surface area contributed by atoms with Crippen molar-refractivity contribution in [3.05, 3.63) is 80.4 Å². The number of hydrogen-bond acceptors (Lipinski definition) is 5. The maximum Gasteiger partial charge on any atom is 0.276 e. The quantitative estimate of drug-likeness (QED) is 0.290. The Labute approximate surface area is 193 Å². The van der Waals surface area contributed by atoms with E-state index in [2.05, 4.69) is 17.2 Å². The van der Waals surface area contributed by atoms with Gasteiger partial charge in [0.1, 0.15) is 4.70 Å². The number of aromatic nitrogens is 2. The van der Waals surface area contributed by atoms with Crippen LogP contribution in [0.15, 0.2) is 63.9 Å². The van der Waals surface area contributed by atoms with Gasteiger partial charge in [0.05, 0.1) is 17.0 Å². The molecule has 31 heavy (non-hydrogen) atoms. The SMILES string of the molecule is CCc1cccc(C)c1NC(=O)CSc1nc2ccsc2c(=O)n1-c1cccc(Cl)c1. The van der Waals surface area contributed by atoms with Crippen LogP contribution in [0.2, 0.25) is 5.02 Å². The lowest BCUT2D eigenvalue weighted by atomic mass is 10.1. The smallest absolute Gasteiger partial charge is 0.276 e. The van der Waals surface area contributed by atoms with E-state index < -0.39 is 0 Å². The standard InChI is InChI=1S/C23H20ClN3O2S2/c1-3-15-7-4-6-14(2)20(15)26-19(28)13-31-23-25-18-10-11-30-21(18)22(29)27(23)17-9-5-8-16(24)12-17/h4-12H,3,13H2,1-2H3,(H,26,28). The van der Waals surface area contributed by atoms with E-state index in [9.17, 15) is 9.59 Å². The maximum atomic E-state index is 13.2. The molecule has 0 aliphatic rings. The molecule has 2 aromatic carbocycles. The van der Waals surface area contributed by atoms with Gasteiger partial charge >= 0.3 is 0 Å². The highest BCUT2D eigenvalue weighted by Gasteiger charge is 2.17. The lowest BCUT2D eigenvalue weighted by Crippen LogP contribution is -2.22. The van der Waals surface area contributed by atoms with Gasteiger partial charge in [-0.2, -0.15) is 0 Å². The fraction of sp³-hybridized carbons (Fsp3) is 0.174. The molecule has 0 bridgehead atoms. The number of amides is 1. The summed E-state index contributed by atoms with van der Waals surface area (Å²) < 4.78 is 2.09. The lowest BCUT2D eigenvalue weighted by Gasteiger charge is -2.14. The minimum atomic E-state index is -0.169. The second-order valence-corrected chi connectivity index (χ2v) is 9.24. The zero-order chi connectivity index (χ0) is 22.0. The summed E-state index contributed by atoms with van der Waals surface area (Å²) in [5.74, 6) is -0.0218. The Kier molecular flexibility index (Phi) is 6.46. The highest BCUT2D eigenvalue weighted by atomic mass is 35.5. The van der Waals surface area contributed by atoms with Crippen LogP contribution in [-0.4, -0.2) is 21.2 Å². The highest BCUT2D eigenvalue weighted by Crippen LogP contribution is 2.26. The first-order valence-electron chi connectivity index (χ1n) is 9.75. The van der Waals surface area contributed by atoms with Gasteiger partial charge < -0.3 is 5.32 Å². The molecule has 5 nitrogen and oxygen atoms in total. The molecule has 8 heteroatoms. The first-order valence-corrected chi connectivity index (χ1v) is 12.0. The summed E-state index contributed by atoms with van der Waals surface area (Å²) in [5.41, 5.74) is 4.04. The molecule has 0 aliphatic carbocycles. The van der Waals surface area contributed by atoms with Gasteiger partial charge in [-0.25, -0.2) is 4.98 Å². The minimum Gasteiger partial charge on any atom is -0.325 e. The second kappa shape index (κ2) is 9.26. The van der Waals surface area contributed by atoms with Crippen LogP contribution in [0.3, 0.4) is 0 Å². The largest absolute Gasteiger partial charge is 0.325 e. The normalized spacial score (nSPS) is 11.1. The first-order chi connectivity index (χ1) is 15.0. The van der Waals surface area contributed by atoms with Gasteiger partial charge in [0, 0.05) is 10.7 Å². The summed E-state index contributed by atoms with van der Waals surface area (Å²) in [5, 5.41) is 5.84. The van der Waals surface area contributed by atoms with Crippen LogP contribution in [0.5, 0.6) is 0 Å². The van der Waals surface area contributed by atoms with Crippen LogP contribution in [0.4, 0.5) is 5.69 Å². The number of thiophene rings is 1. The van der Waals surface area contributed by atoms with Crippen LogP contribution >= 0.6 is 34.7 Å². The number of para-hydroxylation sites is 1. The fourth-order valence-electron chi connectivity index (χ4n) is 3.34. The Morgan fingerprint density at radius 2 is 2.03 bits per heavy atom. The average Bonchev–Trinajstić information content (AvgIpc) is 3.23. The Bertz CT molecular complexity index is 1330. The van der Waals surface area contributed by atoms with Crippen molar-refractivity contribution in [3.63, 3.8) is 0 Å². The van der Waals surface area contributed by atoms with Gasteiger partial charge in [0.15, 0.2) is 5.16 Å². The first kappa shape index (κ1) is 21.6. The maximum absolute atomic E-state index is 13.2. The number of aryl methyl sites for hydroxylation is 2. The molecule has 0 aliphatic heterocycles. The Morgan fingerprint density at radius 1 is 1.23 bits per heavy atom. The predicted octanol–water partition coefficient (Wildman–Crippen LogP) is 5.70. The summed E-state index contributed by atoms with van der Waals surface area (Å²) in [7, 11) is 0. The van der Waals surface area contributed by atoms with Crippen LogP contribution < -0.4 is 10.9 Å². The van der Waals surface area contributed by atoms with E-state index >= 15 is 0 Å². The Balaban J connectivity index is 1.65. The number of hydrogen-bond donors (Lipinski definition) is 1. The number of thioether (sulfide) groups is 1. The monoisotopic (exact) mass is 469 g/mol. The van der Waals surface area contributed by atoms with Crippen LogP contribution in [-0.2, 0) is 11.2 Å². The Morgan fingerprint density at radius 3 is 2.81 bits per heavy atom. The minimum absolute atomic E-state index is 0.125. The van der Waals surface area contributed by atoms with Crippen molar-refractivity contribution in [3.8, 4) is 5.69 Å². The molecule has 0 radical (unpaired) electrons. The number of halogens is 1. The van der Waals surface area contributed by atoms with E-state index in [4.69, 9.17) is 11.6 Å². The zero-order valence-electron chi connectivity index (χ0n) is 17.0. The average molecular weight is 470 g/mol. The van der Waals surface area contributed by atoms with Gasteiger partial charge in [-0.05, 0) is 54.1 Å². The third-order valence-corrected chi connectivity index (χ3v) is 6.92. The van der Waals surface area contributed by atoms with E-state index in [0.717, 1.165) is 23.2 Å². The fourth-order valence-corrected chi connectivity index (χ4v) is 5.10. The molecule has 1 amide bonds. The molecule has 4 rings (SSSR count). The molecular weight excluding hydrogens is 450 g/mol.